The summed E-state index contributed by atoms with van der Waals surface area (Å²) in [5, 5.41) is 12.5. The second kappa shape index (κ2) is 6.12. The molecule has 1 unspecified atom stereocenters. The van der Waals surface area contributed by atoms with Crippen LogP contribution in [0.25, 0.3) is 0 Å². The Balaban J connectivity index is 2.12. The molecule has 0 radical (unpaired) electrons. The number of nitrogens with two attached hydrogens (primary N) is 1. The van der Waals surface area contributed by atoms with Crippen LogP contribution in [-0.4, -0.2) is 30.3 Å². The van der Waals surface area contributed by atoms with Crippen molar-refractivity contribution >= 4 is 28.9 Å². The quantitative estimate of drug-likeness (QED) is 0.740. The molecule has 1 heterocycles. The number of nitrogens with one attached hydrogen (secondary N) is 1. The number of aromatic carboxylic acids is 1. The van der Waals surface area contributed by atoms with Crippen LogP contribution in [0.4, 0.5) is 11.4 Å². The molecule has 1 saturated heterocycles. The minimum atomic E-state index is -1.05. The number of ether oxygens (including phenoxy) is 1. The number of carboxylic acids is 1. The molecule has 0 bridgehead atoms. The number of nitrogen functional groups attached to an aromatic ring is 1. The Labute approximate surface area is 116 Å². The summed E-state index contributed by atoms with van der Waals surface area (Å²) in [4.78, 5) is 11.2. The average molecular weight is 285 g/mol. The molecule has 6 heteroatoms. The van der Waals surface area contributed by atoms with Crippen molar-refractivity contribution in [2.24, 2.45) is 0 Å². The zero-order valence-electron chi connectivity index (χ0n) is 10.5. The molecule has 1 aromatic carbocycles. The van der Waals surface area contributed by atoms with Crippen LogP contribution in [-0.2, 0) is 4.74 Å². The molecule has 1 aliphatic rings. The van der Waals surface area contributed by atoms with Gasteiger partial charge in [-0.05, 0) is 31.4 Å². The Morgan fingerprint density at radius 1 is 1.53 bits per heavy atom. The molecular formula is C13H17ClN2O3. The van der Waals surface area contributed by atoms with E-state index < -0.39 is 5.97 Å². The van der Waals surface area contributed by atoms with Gasteiger partial charge in [0.25, 0.3) is 0 Å². The molecule has 1 fully saturated rings. The van der Waals surface area contributed by atoms with Crippen molar-refractivity contribution in [2.45, 2.75) is 25.4 Å². The van der Waals surface area contributed by atoms with Gasteiger partial charge in [0.05, 0.1) is 22.4 Å². The van der Waals surface area contributed by atoms with E-state index in [1.54, 1.807) is 0 Å². The van der Waals surface area contributed by atoms with Crippen LogP contribution in [0.5, 0.6) is 0 Å². The Morgan fingerprint density at radius 3 is 2.95 bits per heavy atom. The van der Waals surface area contributed by atoms with Gasteiger partial charge in [0.15, 0.2) is 0 Å². The van der Waals surface area contributed by atoms with Crippen molar-refractivity contribution in [3.05, 3.63) is 22.7 Å². The maximum Gasteiger partial charge on any atom is 0.337 e. The van der Waals surface area contributed by atoms with E-state index in [4.69, 9.17) is 27.2 Å². The lowest BCUT2D eigenvalue weighted by Gasteiger charge is -2.24. The zero-order valence-corrected chi connectivity index (χ0v) is 11.2. The third-order valence-electron chi connectivity index (χ3n) is 3.12. The molecular weight excluding hydrogens is 268 g/mol. The molecule has 1 atom stereocenters. The lowest BCUT2D eigenvalue weighted by molar-refractivity contribution is 0.0247. The van der Waals surface area contributed by atoms with Crippen LogP contribution in [0.2, 0.25) is 5.02 Å². The monoisotopic (exact) mass is 284 g/mol. The van der Waals surface area contributed by atoms with Crippen molar-refractivity contribution in [3.8, 4) is 0 Å². The fourth-order valence-electron chi connectivity index (χ4n) is 2.16. The predicted molar refractivity (Wildman–Crippen MR) is 74.9 cm³/mol. The summed E-state index contributed by atoms with van der Waals surface area (Å²) in [5.41, 5.74) is 6.42. The maximum absolute atomic E-state index is 11.2. The molecule has 0 aliphatic carbocycles. The lowest BCUT2D eigenvalue weighted by Crippen LogP contribution is -2.27. The largest absolute Gasteiger partial charge is 0.478 e. The number of halogens is 1. The number of rotatable bonds is 4. The summed E-state index contributed by atoms with van der Waals surface area (Å²) in [5.74, 6) is -1.05. The minimum absolute atomic E-state index is 0.0841. The number of carboxylic acid groups (broad SMARTS) is 1. The molecule has 1 aliphatic heterocycles. The lowest BCUT2D eigenvalue weighted by atomic mass is 10.1. The van der Waals surface area contributed by atoms with Crippen molar-refractivity contribution in [1.82, 2.24) is 0 Å². The highest BCUT2D eigenvalue weighted by Gasteiger charge is 2.18. The molecule has 1 aromatic rings. The topological polar surface area (TPSA) is 84.6 Å². The fraction of sp³-hybridized carbons (Fsp3) is 0.462. The summed E-state index contributed by atoms with van der Waals surface area (Å²) < 4.78 is 5.59. The smallest absolute Gasteiger partial charge is 0.337 e. The van der Waals surface area contributed by atoms with E-state index in [9.17, 15) is 4.79 Å². The van der Waals surface area contributed by atoms with Gasteiger partial charge in [-0.1, -0.05) is 11.6 Å². The SMILES string of the molecule is Nc1cc(Cl)c(NCC2CCCCO2)c(C(=O)O)c1. The van der Waals surface area contributed by atoms with E-state index in [1.165, 1.54) is 12.1 Å². The number of hydrogen-bond donors (Lipinski definition) is 3. The molecule has 0 spiro atoms. The van der Waals surface area contributed by atoms with Crippen LogP contribution >= 0.6 is 11.6 Å². The van der Waals surface area contributed by atoms with Gasteiger partial charge in [0.1, 0.15) is 0 Å². The fourth-order valence-corrected chi connectivity index (χ4v) is 2.45. The Morgan fingerprint density at radius 2 is 2.32 bits per heavy atom. The first kappa shape index (κ1) is 14.0. The molecule has 0 aromatic heterocycles. The van der Waals surface area contributed by atoms with Crippen molar-refractivity contribution in [1.29, 1.82) is 0 Å². The standard InChI is InChI=1S/C13H17ClN2O3/c14-11-6-8(15)5-10(13(17)18)12(11)16-7-9-3-1-2-4-19-9/h5-6,9,16H,1-4,7,15H2,(H,17,18). The number of carbonyl (C=O) groups is 1. The van der Waals surface area contributed by atoms with Crippen molar-refractivity contribution < 1.29 is 14.6 Å². The van der Waals surface area contributed by atoms with E-state index in [0.717, 1.165) is 25.9 Å². The van der Waals surface area contributed by atoms with Crippen molar-refractivity contribution in [3.63, 3.8) is 0 Å². The second-order valence-corrected chi connectivity index (χ2v) is 5.01. The van der Waals surface area contributed by atoms with E-state index in [1.807, 2.05) is 0 Å². The summed E-state index contributed by atoms with van der Waals surface area (Å²) in [6.07, 6.45) is 3.29. The summed E-state index contributed by atoms with van der Waals surface area (Å²) in [6, 6.07) is 2.94. The molecule has 5 nitrogen and oxygen atoms in total. The molecule has 0 amide bonds. The third-order valence-corrected chi connectivity index (χ3v) is 3.42. The predicted octanol–water partition coefficient (Wildman–Crippen LogP) is 2.60. The molecule has 2 rings (SSSR count). The van der Waals surface area contributed by atoms with Gasteiger partial charge in [-0.15, -0.1) is 0 Å². The Kier molecular flexibility index (Phi) is 4.50. The normalized spacial score (nSPS) is 19.1. The van der Waals surface area contributed by atoms with Crippen LogP contribution in [0.1, 0.15) is 29.6 Å². The highest BCUT2D eigenvalue weighted by atomic mass is 35.5. The van der Waals surface area contributed by atoms with Crippen LogP contribution in [0.15, 0.2) is 12.1 Å². The minimum Gasteiger partial charge on any atom is -0.478 e. The van der Waals surface area contributed by atoms with Gasteiger partial charge in [-0.25, -0.2) is 4.79 Å². The number of hydrogen-bond acceptors (Lipinski definition) is 4. The Hall–Kier alpha value is -1.46. The first-order chi connectivity index (χ1) is 9.08. The van der Waals surface area contributed by atoms with E-state index >= 15 is 0 Å². The number of benzene rings is 1. The first-order valence-corrected chi connectivity index (χ1v) is 6.63. The average Bonchev–Trinajstić information content (AvgIpc) is 2.38. The highest BCUT2D eigenvalue weighted by Crippen LogP contribution is 2.29. The molecule has 19 heavy (non-hydrogen) atoms. The maximum atomic E-state index is 11.2. The van der Waals surface area contributed by atoms with Crippen LogP contribution < -0.4 is 11.1 Å². The van der Waals surface area contributed by atoms with E-state index in [-0.39, 0.29) is 11.7 Å². The first-order valence-electron chi connectivity index (χ1n) is 6.25. The van der Waals surface area contributed by atoms with Gasteiger partial charge in [-0.2, -0.15) is 0 Å². The van der Waals surface area contributed by atoms with Crippen molar-refractivity contribution in [2.75, 3.05) is 24.2 Å². The molecule has 0 saturated carbocycles. The van der Waals surface area contributed by atoms with Gasteiger partial charge in [0.2, 0.25) is 0 Å². The highest BCUT2D eigenvalue weighted by molar-refractivity contribution is 6.34. The van der Waals surface area contributed by atoms with Gasteiger partial charge in [-0.3, -0.25) is 0 Å². The molecule has 104 valence electrons. The zero-order chi connectivity index (χ0) is 13.8. The van der Waals surface area contributed by atoms with Crippen LogP contribution in [0.3, 0.4) is 0 Å². The second-order valence-electron chi connectivity index (χ2n) is 4.60. The third kappa shape index (κ3) is 3.52. The van der Waals surface area contributed by atoms with Gasteiger partial charge < -0.3 is 20.9 Å². The summed E-state index contributed by atoms with van der Waals surface area (Å²) in [6.45, 7) is 1.30. The molecule has 4 N–H and O–H groups in total. The number of anilines is 2. The van der Waals surface area contributed by atoms with Gasteiger partial charge in [0, 0.05) is 18.8 Å². The summed E-state index contributed by atoms with van der Waals surface area (Å²) in [7, 11) is 0. The van der Waals surface area contributed by atoms with Gasteiger partial charge >= 0.3 is 5.97 Å². The Bertz CT molecular complexity index is 473. The van der Waals surface area contributed by atoms with Crippen LogP contribution in [0, 0.1) is 0 Å². The summed E-state index contributed by atoms with van der Waals surface area (Å²) >= 11 is 6.05. The van der Waals surface area contributed by atoms with E-state index in [0.29, 0.717) is 22.9 Å². The van der Waals surface area contributed by atoms with E-state index in [2.05, 4.69) is 5.32 Å².